The molecule has 0 spiro atoms. The van der Waals surface area contributed by atoms with E-state index in [1.54, 1.807) is 6.33 Å². The van der Waals surface area contributed by atoms with Gasteiger partial charge in [0.05, 0.1) is 19.5 Å². The minimum Gasteiger partial charge on any atom is -0.378 e. The van der Waals surface area contributed by atoms with Gasteiger partial charge in [-0.25, -0.2) is 4.98 Å². The van der Waals surface area contributed by atoms with E-state index in [9.17, 15) is 0 Å². The summed E-state index contributed by atoms with van der Waals surface area (Å²) in [5.74, 6) is 3.45. The molecule has 4 heterocycles. The number of H-pyrrole nitrogens is 1. The second kappa shape index (κ2) is 8.06. The van der Waals surface area contributed by atoms with Crippen LogP contribution in [0.4, 0.5) is 23.1 Å². The molecule has 0 radical (unpaired) electrons. The van der Waals surface area contributed by atoms with E-state index in [2.05, 4.69) is 59.7 Å². The molecule has 8 nitrogen and oxygen atoms in total. The first-order valence-electron chi connectivity index (χ1n) is 9.27. The van der Waals surface area contributed by atoms with E-state index in [-0.39, 0.29) is 0 Å². The molecule has 1 aromatic carbocycles. The average molecular weight is 416 g/mol. The van der Waals surface area contributed by atoms with Crippen molar-refractivity contribution in [2.75, 3.05) is 53.3 Å². The molecule has 0 bridgehead atoms. The van der Waals surface area contributed by atoms with Gasteiger partial charge in [0.1, 0.15) is 5.52 Å². The number of benzene rings is 1. The molecule has 2 saturated heterocycles. The predicted octanol–water partition coefficient (Wildman–Crippen LogP) is 3.11. The van der Waals surface area contributed by atoms with Crippen LogP contribution in [-0.2, 0) is 4.74 Å². The number of fused-ring (bicyclic) bond motifs is 1. The Morgan fingerprint density at radius 2 is 1.86 bits per heavy atom. The van der Waals surface area contributed by atoms with E-state index in [4.69, 9.17) is 4.74 Å². The maximum absolute atomic E-state index is 5.42. The van der Waals surface area contributed by atoms with Gasteiger partial charge in [0.15, 0.2) is 11.5 Å². The van der Waals surface area contributed by atoms with Gasteiger partial charge in [0.2, 0.25) is 5.95 Å². The van der Waals surface area contributed by atoms with E-state index in [0.717, 1.165) is 60.5 Å². The molecule has 2 aliphatic heterocycles. The number of nitrogens with one attached hydrogen (secondary N) is 3. The normalized spacial score (nSPS) is 17.9. The lowest BCUT2D eigenvalue weighted by atomic mass is 10.2. The zero-order valence-corrected chi connectivity index (χ0v) is 16.9. The largest absolute Gasteiger partial charge is 0.378 e. The molecule has 5 rings (SSSR count). The quantitative estimate of drug-likeness (QED) is 0.544. The van der Waals surface area contributed by atoms with Gasteiger partial charge in [0, 0.05) is 42.0 Å². The lowest BCUT2D eigenvalue weighted by molar-refractivity contribution is 0.122. The highest BCUT2D eigenvalue weighted by atomic mass is 33.1. The Hall–Kier alpha value is -2.17. The predicted molar refractivity (Wildman–Crippen MR) is 117 cm³/mol. The van der Waals surface area contributed by atoms with E-state index >= 15 is 0 Å². The van der Waals surface area contributed by atoms with Gasteiger partial charge in [0.25, 0.3) is 0 Å². The molecule has 3 N–H and O–H groups in total. The fraction of sp³-hybridized carbons (Fsp3) is 0.389. The number of hydrogen-bond donors (Lipinski definition) is 3. The van der Waals surface area contributed by atoms with Crippen molar-refractivity contribution in [3.8, 4) is 0 Å². The van der Waals surface area contributed by atoms with Gasteiger partial charge in [-0.1, -0.05) is 21.6 Å². The smallest absolute Gasteiger partial charge is 0.231 e. The molecule has 0 amide bonds. The first-order chi connectivity index (χ1) is 13.8. The minimum absolute atomic E-state index is 0.394. The number of aromatic nitrogens is 4. The maximum atomic E-state index is 5.42. The van der Waals surface area contributed by atoms with Crippen LogP contribution in [0.2, 0.25) is 0 Å². The summed E-state index contributed by atoms with van der Waals surface area (Å²) >= 11 is 0. The van der Waals surface area contributed by atoms with Crippen molar-refractivity contribution >= 4 is 55.9 Å². The van der Waals surface area contributed by atoms with Crippen molar-refractivity contribution in [2.45, 2.75) is 6.04 Å². The molecule has 146 valence electrons. The Labute approximate surface area is 170 Å². The van der Waals surface area contributed by atoms with Crippen molar-refractivity contribution in [2.24, 2.45) is 0 Å². The molecule has 0 aliphatic carbocycles. The van der Waals surface area contributed by atoms with Gasteiger partial charge < -0.3 is 25.3 Å². The van der Waals surface area contributed by atoms with Crippen LogP contribution in [0.5, 0.6) is 0 Å². The fourth-order valence-corrected chi connectivity index (χ4v) is 5.92. The first-order valence-corrected chi connectivity index (χ1v) is 11.8. The molecule has 0 unspecified atom stereocenters. The third-order valence-electron chi connectivity index (χ3n) is 4.74. The molecular weight excluding hydrogens is 394 g/mol. The number of anilines is 4. The SMILES string of the molecule is c1nc2c(NC3CSSC3)nc(Nc3ccc(N4CCOCC4)cc3)nc2[nH]1. The number of hydrogen-bond acceptors (Lipinski definition) is 9. The summed E-state index contributed by atoms with van der Waals surface area (Å²) in [7, 11) is 3.77. The van der Waals surface area contributed by atoms with Crippen LogP contribution in [0, 0.1) is 0 Å². The third-order valence-corrected chi connectivity index (χ3v) is 7.30. The van der Waals surface area contributed by atoms with Crippen LogP contribution in [0.25, 0.3) is 11.2 Å². The van der Waals surface area contributed by atoms with Gasteiger partial charge >= 0.3 is 0 Å². The molecule has 2 fully saturated rings. The van der Waals surface area contributed by atoms with Crippen molar-refractivity contribution in [1.82, 2.24) is 19.9 Å². The van der Waals surface area contributed by atoms with Crippen LogP contribution in [0.1, 0.15) is 0 Å². The maximum Gasteiger partial charge on any atom is 0.231 e. The fourth-order valence-electron chi connectivity index (χ4n) is 3.28. The van der Waals surface area contributed by atoms with E-state index in [0.29, 0.717) is 12.0 Å². The van der Waals surface area contributed by atoms with Crippen LogP contribution in [-0.4, -0.2) is 63.8 Å². The van der Waals surface area contributed by atoms with Crippen LogP contribution >= 0.6 is 21.6 Å². The Morgan fingerprint density at radius 1 is 1.07 bits per heavy atom. The lowest BCUT2D eigenvalue weighted by Gasteiger charge is -2.28. The second-order valence-corrected chi connectivity index (χ2v) is 9.23. The average Bonchev–Trinajstić information content (AvgIpc) is 3.41. The number of ether oxygens (including phenoxy) is 1. The highest BCUT2D eigenvalue weighted by Gasteiger charge is 2.19. The molecule has 28 heavy (non-hydrogen) atoms. The molecule has 10 heteroatoms. The topological polar surface area (TPSA) is 91.0 Å². The van der Waals surface area contributed by atoms with Crippen LogP contribution < -0.4 is 15.5 Å². The standard InChI is InChI=1S/C18H21N7OS2/c1-3-14(25-5-7-26-8-6-25)4-2-12(1)22-18-23-16-15(19-11-20-16)17(24-18)21-13-9-27-28-10-13/h1-4,11,13H,5-10H2,(H3,19,20,21,22,23,24). The monoisotopic (exact) mass is 415 g/mol. The summed E-state index contributed by atoms with van der Waals surface area (Å²) in [5.41, 5.74) is 3.66. The van der Waals surface area contributed by atoms with Crippen molar-refractivity contribution in [3.05, 3.63) is 30.6 Å². The molecule has 2 aromatic heterocycles. The minimum atomic E-state index is 0.394. The molecule has 0 saturated carbocycles. The summed E-state index contributed by atoms with van der Waals surface area (Å²) in [6, 6.07) is 8.75. The lowest BCUT2D eigenvalue weighted by Crippen LogP contribution is -2.36. The zero-order valence-electron chi connectivity index (χ0n) is 15.2. The molecular formula is C18H21N7OS2. The Kier molecular flexibility index (Phi) is 5.15. The summed E-state index contributed by atoms with van der Waals surface area (Å²) in [6.45, 7) is 3.43. The van der Waals surface area contributed by atoms with Gasteiger partial charge in [-0.2, -0.15) is 9.97 Å². The number of aromatic amines is 1. The first kappa shape index (κ1) is 17.9. The number of imidazole rings is 1. The molecule has 0 atom stereocenters. The number of rotatable bonds is 5. The Morgan fingerprint density at radius 3 is 2.64 bits per heavy atom. The summed E-state index contributed by atoms with van der Waals surface area (Å²) < 4.78 is 5.42. The molecule has 3 aromatic rings. The third kappa shape index (κ3) is 3.85. The van der Waals surface area contributed by atoms with Crippen LogP contribution in [0.3, 0.4) is 0 Å². The van der Waals surface area contributed by atoms with E-state index < -0.39 is 0 Å². The highest BCUT2D eigenvalue weighted by Crippen LogP contribution is 2.33. The zero-order chi connectivity index (χ0) is 18.8. The number of morpholine rings is 1. The second-order valence-electron chi connectivity index (χ2n) is 6.68. The van der Waals surface area contributed by atoms with Crippen molar-refractivity contribution < 1.29 is 4.74 Å². The highest BCUT2D eigenvalue weighted by molar-refractivity contribution is 8.77. The summed E-state index contributed by atoms with van der Waals surface area (Å²) in [4.78, 5) is 19.0. The Bertz CT molecular complexity index is 937. The van der Waals surface area contributed by atoms with Gasteiger partial charge in [-0.15, -0.1) is 0 Å². The van der Waals surface area contributed by atoms with Crippen molar-refractivity contribution in [3.63, 3.8) is 0 Å². The summed E-state index contributed by atoms with van der Waals surface area (Å²) in [5, 5.41) is 6.83. The summed E-state index contributed by atoms with van der Waals surface area (Å²) in [6.07, 6.45) is 1.66. The number of nitrogens with zero attached hydrogens (tertiary/aromatic N) is 4. The van der Waals surface area contributed by atoms with Gasteiger partial charge in [-0.05, 0) is 24.3 Å². The van der Waals surface area contributed by atoms with E-state index in [1.807, 2.05) is 21.6 Å². The van der Waals surface area contributed by atoms with Crippen molar-refractivity contribution in [1.29, 1.82) is 0 Å². The van der Waals surface area contributed by atoms with Gasteiger partial charge in [-0.3, -0.25) is 0 Å². The molecule has 2 aliphatic rings. The van der Waals surface area contributed by atoms with E-state index in [1.165, 1.54) is 5.69 Å². The van der Waals surface area contributed by atoms with Crippen LogP contribution in [0.15, 0.2) is 30.6 Å². The Balaban J connectivity index is 1.35.